The van der Waals surface area contributed by atoms with Gasteiger partial charge in [-0.15, -0.1) is 0 Å². The van der Waals surface area contributed by atoms with Crippen LogP contribution >= 0.6 is 23.4 Å². The topological polar surface area (TPSA) is 52.3 Å². The second kappa shape index (κ2) is 6.68. The van der Waals surface area contributed by atoms with Crippen molar-refractivity contribution in [3.63, 3.8) is 0 Å². The average molecular weight is 308 g/mol. The Morgan fingerprint density at radius 2 is 2.05 bits per heavy atom. The molecule has 0 spiro atoms. The third-order valence-electron chi connectivity index (χ3n) is 2.59. The first-order valence-electron chi connectivity index (χ1n) is 6.11. The van der Waals surface area contributed by atoms with E-state index in [0.29, 0.717) is 22.9 Å². The Morgan fingerprint density at radius 1 is 1.30 bits per heavy atom. The lowest BCUT2D eigenvalue weighted by Crippen LogP contribution is -2.08. The van der Waals surface area contributed by atoms with Crippen molar-refractivity contribution in [2.75, 3.05) is 12.3 Å². The van der Waals surface area contributed by atoms with Crippen LogP contribution in [-0.2, 0) is 4.74 Å². The molecule has 0 aliphatic heterocycles. The molecule has 0 aromatic heterocycles. The van der Waals surface area contributed by atoms with E-state index < -0.39 is 5.97 Å². The van der Waals surface area contributed by atoms with Crippen molar-refractivity contribution in [3.8, 4) is 0 Å². The lowest BCUT2D eigenvalue weighted by molar-refractivity contribution is 0.0527. The minimum Gasteiger partial charge on any atom is -0.462 e. The van der Waals surface area contributed by atoms with E-state index in [1.165, 1.54) is 11.8 Å². The van der Waals surface area contributed by atoms with Crippen LogP contribution in [0, 0.1) is 0 Å². The number of hydrogen-bond acceptors (Lipinski definition) is 4. The first-order chi connectivity index (χ1) is 9.61. The molecule has 5 heteroatoms. The van der Waals surface area contributed by atoms with Crippen LogP contribution in [0.2, 0.25) is 5.02 Å². The van der Waals surface area contributed by atoms with Gasteiger partial charge in [0.15, 0.2) is 0 Å². The summed E-state index contributed by atoms with van der Waals surface area (Å²) in [4.78, 5) is 13.6. The van der Waals surface area contributed by atoms with Gasteiger partial charge in [-0.1, -0.05) is 35.5 Å². The Hall–Kier alpha value is -1.65. The standard InChI is InChI=1S/C15H14ClNO2S/c1-2-19-15(18)12-7-4-8-13(14(12)17)20-11-6-3-5-10(16)9-11/h3-9H,2,17H2,1H3. The highest BCUT2D eigenvalue weighted by atomic mass is 35.5. The van der Waals surface area contributed by atoms with Crippen molar-refractivity contribution < 1.29 is 9.53 Å². The van der Waals surface area contributed by atoms with Crippen molar-refractivity contribution in [3.05, 3.63) is 53.1 Å². The number of hydrogen-bond donors (Lipinski definition) is 1. The molecule has 0 atom stereocenters. The van der Waals surface area contributed by atoms with Crippen LogP contribution in [-0.4, -0.2) is 12.6 Å². The molecule has 20 heavy (non-hydrogen) atoms. The predicted octanol–water partition coefficient (Wildman–Crippen LogP) is 4.25. The van der Waals surface area contributed by atoms with E-state index in [-0.39, 0.29) is 0 Å². The van der Waals surface area contributed by atoms with Crippen molar-refractivity contribution >= 4 is 35.0 Å². The average Bonchev–Trinajstić information content (AvgIpc) is 2.41. The van der Waals surface area contributed by atoms with Gasteiger partial charge < -0.3 is 10.5 Å². The molecule has 0 heterocycles. The summed E-state index contributed by atoms with van der Waals surface area (Å²) in [6, 6.07) is 12.8. The molecule has 0 aliphatic rings. The molecule has 2 N–H and O–H groups in total. The number of nitrogen functional groups attached to an aromatic ring is 1. The molecule has 0 aliphatic carbocycles. The maximum absolute atomic E-state index is 11.8. The van der Waals surface area contributed by atoms with E-state index in [9.17, 15) is 4.79 Å². The van der Waals surface area contributed by atoms with Gasteiger partial charge in [0.25, 0.3) is 0 Å². The molecule has 0 unspecified atom stereocenters. The Balaban J connectivity index is 2.29. The fourth-order valence-corrected chi connectivity index (χ4v) is 2.89. The molecular formula is C15H14ClNO2S. The molecule has 2 aromatic rings. The summed E-state index contributed by atoms with van der Waals surface area (Å²) in [6.07, 6.45) is 0. The Kier molecular flexibility index (Phi) is 4.93. The summed E-state index contributed by atoms with van der Waals surface area (Å²) < 4.78 is 4.98. The summed E-state index contributed by atoms with van der Waals surface area (Å²) in [5.41, 5.74) is 6.86. The number of ether oxygens (including phenoxy) is 1. The maximum Gasteiger partial charge on any atom is 0.340 e. The van der Waals surface area contributed by atoms with Crippen LogP contribution in [0.3, 0.4) is 0 Å². The molecule has 104 valence electrons. The van der Waals surface area contributed by atoms with E-state index in [0.717, 1.165) is 9.79 Å². The van der Waals surface area contributed by atoms with Crippen LogP contribution in [0.4, 0.5) is 5.69 Å². The third kappa shape index (κ3) is 3.46. The van der Waals surface area contributed by atoms with Crippen LogP contribution in [0.1, 0.15) is 17.3 Å². The largest absolute Gasteiger partial charge is 0.462 e. The van der Waals surface area contributed by atoms with Crippen LogP contribution in [0.15, 0.2) is 52.3 Å². The number of halogens is 1. The summed E-state index contributed by atoms with van der Waals surface area (Å²) in [5.74, 6) is -0.404. The number of carbonyl (C=O) groups excluding carboxylic acids is 1. The van der Waals surface area contributed by atoms with Crippen LogP contribution < -0.4 is 5.73 Å². The van der Waals surface area contributed by atoms with E-state index in [1.807, 2.05) is 30.3 Å². The van der Waals surface area contributed by atoms with Crippen molar-refractivity contribution in [2.24, 2.45) is 0 Å². The number of nitrogens with two attached hydrogens (primary N) is 1. The minimum atomic E-state index is -0.404. The van der Waals surface area contributed by atoms with Gasteiger partial charge in [-0.3, -0.25) is 0 Å². The van der Waals surface area contributed by atoms with Gasteiger partial charge in [0, 0.05) is 14.8 Å². The lowest BCUT2D eigenvalue weighted by atomic mass is 10.2. The first kappa shape index (κ1) is 14.8. The highest BCUT2D eigenvalue weighted by molar-refractivity contribution is 7.99. The fraction of sp³-hybridized carbons (Fsp3) is 0.133. The Morgan fingerprint density at radius 3 is 2.75 bits per heavy atom. The zero-order valence-electron chi connectivity index (χ0n) is 10.9. The van der Waals surface area contributed by atoms with E-state index in [1.54, 1.807) is 19.1 Å². The molecule has 0 saturated heterocycles. The summed E-state index contributed by atoms with van der Waals surface area (Å²) in [6.45, 7) is 2.09. The Labute approximate surface area is 127 Å². The molecule has 0 bridgehead atoms. The summed E-state index contributed by atoms with van der Waals surface area (Å²) in [5, 5.41) is 0.662. The zero-order valence-corrected chi connectivity index (χ0v) is 12.5. The fourth-order valence-electron chi connectivity index (χ4n) is 1.68. The molecule has 0 radical (unpaired) electrons. The molecule has 2 rings (SSSR count). The van der Waals surface area contributed by atoms with Gasteiger partial charge in [-0.05, 0) is 37.3 Å². The van der Waals surface area contributed by atoms with Crippen molar-refractivity contribution in [1.82, 2.24) is 0 Å². The van der Waals surface area contributed by atoms with Crippen LogP contribution in [0.5, 0.6) is 0 Å². The molecule has 0 amide bonds. The highest BCUT2D eigenvalue weighted by Gasteiger charge is 2.14. The number of esters is 1. The summed E-state index contributed by atoms with van der Waals surface area (Å²) in [7, 11) is 0. The van der Waals surface area contributed by atoms with Crippen LogP contribution in [0.25, 0.3) is 0 Å². The lowest BCUT2D eigenvalue weighted by Gasteiger charge is -2.10. The van der Waals surface area contributed by atoms with Gasteiger partial charge >= 0.3 is 5.97 Å². The van der Waals surface area contributed by atoms with Gasteiger partial charge in [0.1, 0.15) is 0 Å². The second-order valence-electron chi connectivity index (χ2n) is 4.00. The predicted molar refractivity (Wildman–Crippen MR) is 82.4 cm³/mol. The minimum absolute atomic E-state index is 0.323. The maximum atomic E-state index is 11.8. The summed E-state index contributed by atoms with van der Waals surface area (Å²) >= 11 is 7.42. The normalized spacial score (nSPS) is 10.3. The third-order valence-corrected chi connectivity index (χ3v) is 3.89. The number of benzene rings is 2. The first-order valence-corrected chi connectivity index (χ1v) is 7.30. The van der Waals surface area contributed by atoms with E-state index >= 15 is 0 Å². The molecule has 2 aromatic carbocycles. The molecular weight excluding hydrogens is 294 g/mol. The highest BCUT2D eigenvalue weighted by Crippen LogP contribution is 2.34. The van der Waals surface area contributed by atoms with Gasteiger partial charge in [0.2, 0.25) is 0 Å². The number of rotatable bonds is 4. The number of carbonyl (C=O) groups is 1. The van der Waals surface area contributed by atoms with E-state index in [2.05, 4.69) is 0 Å². The quantitative estimate of drug-likeness (QED) is 0.677. The van der Waals surface area contributed by atoms with Gasteiger partial charge in [0.05, 0.1) is 17.9 Å². The van der Waals surface area contributed by atoms with Gasteiger partial charge in [-0.25, -0.2) is 4.79 Å². The molecule has 0 saturated carbocycles. The smallest absolute Gasteiger partial charge is 0.340 e. The number of para-hydroxylation sites is 1. The SMILES string of the molecule is CCOC(=O)c1cccc(Sc2cccc(Cl)c2)c1N. The Bertz CT molecular complexity index is 631. The monoisotopic (exact) mass is 307 g/mol. The van der Waals surface area contributed by atoms with Gasteiger partial charge in [-0.2, -0.15) is 0 Å². The molecule has 0 fully saturated rings. The second-order valence-corrected chi connectivity index (χ2v) is 5.55. The molecule has 3 nitrogen and oxygen atoms in total. The van der Waals surface area contributed by atoms with E-state index in [4.69, 9.17) is 22.1 Å². The van der Waals surface area contributed by atoms with Crippen molar-refractivity contribution in [1.29, 1.82) is 0 Å². The zero-order chi connectivity index (χ0) is 14.5. The van der Waals surface area contributed by atoms with Crippen molar-refractivity contribution in [2.45, 2.75) is 16.7 Å². The number of anilines is 1.